The Balaban J connectivity index is 2.15. The molecule has 0 unspecified atom stereocenters. The minimum Gasteiger partial charge on any atom is -0.288 e. The minimum absolute atomic E-state index is 0.405. The Bertz CT molecular complexity index is 721. The van der Waals surface area contributed by atoms with Crippen molar-refractivity contribution in [3.8, 4) is 21.1 Å². The standard InChI is InChI=1S/C14H10N2O2S2/c17-13(16-18)12-11(9-5-2-1-3-6-9)15-14(20-12)10-7-4-8-19-10/h1-8,18H,(H,16,17). The van der Waals surface area contributed by atoms with E-state index in [9.17, 15) is 4.79 Å². The van der Waals surface area contributed by atoms with E-state index in [1.807, 2.05) is 47.8 Å². The number of hydroxylamine groups is 1. The second kappa shape index (κ2) is 5.54. The molecule has 0 saturated heterocycles. The Hall–Kier alpha value is -2.02. The number of carbonyl (C=O) groups excluding carboxylic acids is 1. The van der Waals surface area contributed by atoms with Gasteiger partial charge in [-0.2, -0.15) is 0 Å². The Morgan fingerprint density at radius 2 is 1.95 bits per heavy atom. The van der Waals surface area contributed by atoms with Crippen LogP contribution in [0.3, 0.4) is 0 Å². The predicted molar refractivity (Wildman–Crippen MR) is 80.1 cm³/mol. The molecule has 100 valence electrons. The van der Waals surface area contributed by atoms with Gasteiger partial charge in [0, 0.05) is 5.56 Å². The number of amides is 1. The lowest BCUT2D eigenvalue weighted by Gasteiger charge is -1.99. The minimum atomic E-state index is -0.538. The molecule has 6 heteroatoms. The van der Waals surface area contributed by atoms with Crippen LogP contribution in [0.15, 0.2) is 47.8 Å². The van der Waals surface area contributed by atoms with Crippen LogP contribution in [0.4, 0.5) is 0 Å². The number of rotatable bonds is 3. The van der Waals surface area contributed by atoms with Crippen molar-refractivity contribution in [1.82, 2.24) is 10.5 Å². The molecular weight excluding hydrogens is 292 g/mol. The largest absolute Gasteiger partial charge is 0.288 e. The third-order valence-corrected chi connectivity index (χ3v) is 4.81. The van der Waals surface area contributed by atoms with Crippen molar-refractivity contribution in [2.24, 2.45) is 0 Å². The molecule has 0 aliphatic rings. The van der Waals surface area contributed by atoms with Crippen molar-refractivity contribution < 1.29 is 10.0 Å². The molecule has 0 radical (unpaired) electrons. The number of hydrogen-bond acceptors (Lipinski definition) is 5. The van der Waals surface area contributed by atoms with E-state index in [-0.39, 0.29) is 0 Å². The number of thiazole rings is 1. The third kappa shape index (κ3) is 2.36. The van der Waals surface area contributed by atoms with Crippen LogP contribution in [0.25, 0.3) is 21.1 Å². The van der Waals surface area contributed by atoms with E-state index in [1.165, 1.54) is 11.3 Å². The van der Waals surface area contributed by atoms with Crippen molar-refractivity contribution in [3.05, 3.63) is 52.7 Å². The van der Waals surface area contributed by atoms with E-state index in [4.69, 9.17) is 5.21 Å². The summed E-state index contributed by atoms with van der Waals surface area (Å²) in [6.07, 6.45) is 0. The molecule has 1 amide bonds. The number of carbonyl (C=O) groups is 1. The third-order valence-electron chi connectivity index (χ3n) is 2.71. The van der Waals surface area contributed by atoms with Gasteiger partial charge in [0.2, 0.25) is 0 Å². The Morgan fingerprint density at radius 3 is 2.60 bits per heavy atom. The zero-order valence-electron chi connectivity index (χ0n) is 10.2. The summed E-state index contributed by atoms with van der Waals surface area (Å²) < 4.78 is 0. The first-order valence-corrected chi connectivity index (χ1v) is 7.54. The lowest BCUT2D eigenvalue weighted by molar-refractivity contribution is 0.0711. The summed E-state index contributed by atoms with van der Waals surface area (Å²) in [5.74, 6) is -0.538. The lowest BCUT2D eigenvalue weighted by atomic mass is 10.1. The molecule has 0 atom stereocenters. The van der Waals surface area contributed by atoms with Gasteiger partial charge in [0.1, 0.15) is 9.88 Å². The van der Waals surface area contributed by atoms with Gasteiger partial charge in [-0.15, -0.1) is 22.7 Å². The number of benzene rings is 1. The Labute approximate surface area is 123 Å². The summed E-state index contributed by atoms with van der Waals surface area (Å²) in [4.78, 5) is 17.8. The first-order chi connectivity index (χ1) is 9.79. The van der Waals surface area contributed by atoms with Gasteiger partial charge in [-0.25, -0.2) is 10.5 Å². The van der Waals surface area contributed by atoms with E-state index < -0.39 is 5.91 Å². The molecule has 0 bridgehead atoms. The summed E-state index contributed by atoms with van der Waals surface area (Å²) in [5, 5.41) is 11.6. The number of nitrogens with zero attached hydrogens (tertiary/aromatic N) is 1. The average Bonchev–Trinajstić information content (AvgIpc) is 3.16. The number of hydrogen-bond donors (Lipinski definition) is 2. The summed E-state index contributed by atoms with van der Waals surface area (Å²) in [7, 11) is 0. The van der Waals surface area contributed by atoms with E-state index >= 15 is 0 Å². The first kappa shape index (κ1) is 13.0. The summed E-state index contributed by atoms with van der Waals surface area (Å²) in [6, 6.07) is 13.4. The van der Waals surface area contributed by atoms with Crippen LogP contribution < -0.4 is 5.48 Å². The van der Waals surface area contributed by atoms with Gasteiger partial charge in [-0.05, 0) is 11.4 Å². The van der Waals surface area contributed by atoms with Crippen LogP contribution in [0.1, 0.15) is 9.67 Å². The van der Waals surface area contributed by atoms with Crippen LogP contribution in [-0.2, 0) is 0 Å². The molecule has 1 aromatic carbocycles. The number of aromatic nitrogens is 1. The zero-order valence-corrected chi connectivity index (χ0v) is 11.9. The maximum Gasteiger partial charge on any atom is 0.287 e. The molecule has 0 spiro atoms. The van der Waals surface area contributed by atoms with Gasteiger partial charge in [0.15, 0.2) is 0 Å². The van der Waals surface area contributed by atoms with E-state index in [0.717, 1.165) is 15.4 Å². The van der Waals surface area contributed by atoms with Crippen molar-refractivity contribution in [2.75, 3.05) is 0 Å². The molecule has 0 aliphatic heterocycles. The van der Waals surface area contributed by atoms with Crippen LogP contribution in [0, 0.1) is 0 Å². The van der Waals surface area contributed by atoms with Crippen LogP contribution in [0.5, 0.6) is 0 Å². The van der Waals surface area contributed by atoms with Gasteiger partial charge in [0.05, 0.1) is 10.6 Å². The second-order valence-corrected chi connectivity index (χ2v) is 5.93. The van der Waals surface area contributed by atoms with Gasteiger partial charge in [-0.1, -0.05) is 36.4 Å². The highest BCUT2D eigenvalue weighted by Gasteiger charge is 2.20. The highest BCUT2D eigenvalue weighted by molar-refractivity contribution is 7.22. The Kier molecular flexibility index (Phi) is 3.60. The molecule has 2 N–H and O–H groups in total. The summed E-state index contributed by atoms with van der Waals surface area (Å²) >= 11 is 2.84. The maximum absolute atomic E-state index is 11.8. The summed E-state index contributed by atoms with van der Waals surface area (Å²) in [6.45, 7) is 0. The normalized spacial score (nSPS) is 10.4. The molecule has 0 aliphatic carbocycles. The van der Waals surface area contributed by atoms with Gasteiger partial charge < -0.3 is 0 Å². The SMILES string of the molecule is O=C(NO)c1sc(-c2cccs2)nc1-c1ccccc1. The zero-order chi connectivity index (χ0) is 13.9. The molecule has 20 heavy (non-hydrogen) atoms. The molecular formula is C14H10N2O2S2. The fourth-order valence-corrected chi connectivity index (χ4v) is 3.60. The maximum atomic E-state index is 11.8. The van der Waals surface area contributed by atoms with E-state index in [1.54, 1.807) is 16.8 Å². The average molecular weight is 302 g/mol. The topological polar surface area (TPSA) is 62.2 Å². The Morgan fingerprint density at radius 1 is 1.15 bits per heavy atom. The number of nitrogens with one attached hydrogen (secondary N) is 1. The molecule has 3 aromatic rings. The van der Waals surface area contributed by atoms with Gasteiger partial charge in [-0.3, -0.25) is 10.0 Å². The molecule has 4 nitrogen and oxygen atoms in total. The van der Waals surface area contributed by atoms with Crippen molar-refractivity contribution in [1.29, 1.82) is 0 Å². The fraction of sp³-hybridized carbons (Fsp3) is 0. The lowest BCUT2D eigenvalue weighted by Crippen LogP contribution is -2.18. The molecule has 0 fully saturated rings. The quantitative estimate of drug-likeness (QED) is 0.573. The first-order valence-electron chi connectivity index (χ1n) is 5.84. The molecule has 2 heterocycles. The highest BCUT2D eigenvalue weighted by Crippen LogP contribution is 2.35. The summed E-state index contributed by atoms with van der Waals surface area (Å²) in [5.41, 5.74) is 3.13. The molecule has 0 saturated carbocycles. The van der Waals surface area contributed by atoms with E-state index in [0.29, 0.717) is 10.6 Å². The van der Waals surface area contributed by atoms with Gasteiger partial charge in [0.25, 0.3) is 5.91 Å². The molecule has 3 rings (SSSR count). The number of thiophene rings is 1. The van der Waals surface area contributed by atoms with Crippen LogP contribution >= 0.6 is 22.7 Å². The van der Waals surface area contributed by atoms with Crippen LogP contribution in [-0.4, -0.2) is 16.1 Å². The smallest absolute Gasteiger partial charge is 0.287 e. The van der Waals surface area contributed by atoms with E-state index in [2.05, 4.69) is 4.98 Å². The monoisotopic (exact) mass is 302 g/mol. The highest BCUT2D eigenvalue weighted by atomic mass is 32.1. The van der Waals surface area contributed by atoms with Crippen LogP contribution in [0.2, 0.25) is 0 Å². The predicted octanol–water partition coefficient (Wildman–Crippen LogP) is 3.66. The van der Waals surface area contributed by atoms with Gasteiger partial charge >= 0.3 is 0 Å². The van der Waals surface area contributed by atoms with Crippen molar-refractivity contribution >= 4 is 28.6 Å². The van der Waals surface area contributed by atoms with Crippen molar-refractivity contribution in [3.63, 3.8) is 0 Å². The molecule has 2 aromatic heterocycles. The fourth-order valence-electron chi connectivity index (χ4n) is 1.82. The van der Waals surface area contributed by atoms with Crippen molar-refractivity contribution in [2.45, 2.75) is 0 Å². The second-order valence-electron chi connectivity index (χ2n) is 3.98.